The molecule has 0 aliphatic rings. The van der Waals surface area contributed by atoms with Gasteiger partial charge >= 0.3 is 6.18 Å². The average Bonchev–Trinajstić information content (AvgIpc) is 3.10. The van der Waals surface area contributed by atoms with Gasteiger partial charge in [0.15, 0.2) is 0 Å². The number of rotatable bonds is 7. The summed E-state index contributed by atoms with van der Waals surface area (Å²) in [4.78, 5) is 7.65. The van der Waals surface area contributed by atoms with E-state index in [1.54, 1.807) is 0 Å². The Morgan fingerprint density at radius 1 is 1.20 bits per heavy atom. The first kappa shape index (κ1) is 22.0. The summed E-state index contributed by atoms with van der Waals surface area (Å²) < 4.78 is 75.3. The van der Waals surface area contributed by atoms with Crippen molar-refractivity contribution in [1.29, 1.82) is 0 Å². The second-order valence-corrected chi connectivity index (χ2v) is 6.83. The highest BCUT2D eigenvalue weighted by Crippen LogP contribution is 2.39. The van der Waals surface area contributed by atoms with E-state index < -0.39 is 46.0 Å². The summed E-state index contributed by atoms with van der Waals surface area (Å²) in [5, 5.41) is 5.53. The summed E-state index contributed by atoms with van der Waals surface area (Å²) in [6.45, 7) is 3.04. The van der Waals surface area contributed by atoms with Gasteiger partial charge in [-0.15, -0.1) is 0 Å². The quantitative estimate of drug-likeness (QED) is 0.302. The summed E-state index contributed by atoms with van der Waals surface area (Å²) >= 11 is 6.11. The lowest BCUT2D eigenvalue weighted by atomic mass is 10.1. The van der Waals surface area contributed by atoms with Crippen molar-refractivity contribution >= 4 is 23.2 Å². The first-order chi connectivity index (χ1) is 14.1. The molecule has 1 aromatic carbocycles. The summed E-state index contributed by atoms with van der Waals surface area (Å²) in [5.74, 6) is -2.74. The molecule has 0 amide bonds. The van der Waals surface area contributed by atoms with Crippen LogP contribution in [-0.2, 0) is 0 Å². The van der Waals surface area contributed by atoms with Crippen LogP contribution in [0.1, 0.15) is 26.7 Å². The van der Waals surface area contributed by atoms with Crippen LogP contribution in [0.2, 0.25) is 5.15 Å². The maximum Gasteiger partial charge on any atom is 0.408 e. The third kappa shape index (κ3) is 4.40. The van der Waals surface area contributed by atoms with Gasteiger partial charge in [-0.3, -0.25) is 0 Å². The first-order valence-electron chi connectivity index (χ1n) is 8.98. The smallest absolute Gasteiger partial charge is 0.408 e. The Labute approximate surface area is 173 Å². The van der Waals surface area contributed by atoms with Crippen LogP contribution in [0, 0.1) is 11.6 Å². The third-order valence-electron chi connectivity index (χ3n) is 4.26. The number of aromatic nitrogens is 4. The molecule has 2 heterocycles. The Morgan fingerprint density at radius 3 is 2.47 bits per heavy atom. The summed E-state index contributed by atoms with van der Waals surface area (Å²) in [7, 11) is 0. The molecule has 6 nitrogen and oxygen atoms in total. The molecule has 0 saturated heterocycles. The molecule has 162 valence electrons. The van der Waals surface area contributed by atoms with Gasteiger partial charge in [0.05, 0.1) is 17.7 Å². The van der Waals surface area contributed by atoms with Gasteiger partial charge in [-0.2, -0.15) is 32.8 Å². The van der Waals surface area contributed by atoms with E-state index in [9.17, 15) is 22.0 Å². The zero-order valence-corrected chi connectivity index (χ0v) is 16.7. The molecule has 0 unspecified atom stereocenters. The number of fused-ring (bicyclic) bond motifs is 1. The second-order valence-electron chi connectivity index (χ2n) is 6.47. The molecule has 0 aliphatic heterocycles. The molecule has 0 fully saturated rings. The largest absolute Gasteiger partial charge is 0.493 e. The Morgan fingerprint density at radius 2 is 1.87 bits per heavy atom. The van der Waals surface area contributed by atoms with Gasteiger partial charge in [-0.25, -0.2) is 8.78 Å². The van der Waals surface area contributed by atoms with Crippen molar-refractivity contribution in [3.63, 3.8) is 0 Å². The number of benzene rings is 1. The predicted molar refractivity (Wildman–Crippen MR) is 101 cm³/mol. The number of ether oxygens (including phenoxy) is 1. The first-order valence-corrected chi connectivity index (χ1v) is 9.36. The Kier molecular flexibility index (Phi) is 6.30. The molecule has 12 heteroatoms. The summed E-state index contributed by atoms with van der Waals surface area (Å²) in [5.41, 5.74) is -1.08. The molecule has 1 N–H and O–H groups in total. The van der Waals surface area contributed by atoms with E-state index in [1.807, 2.05) is 6.92 Å². The molecule has 30 heavy (non-hydrogen) atoms. The Bertz CT molecular complexity index is 1030. The summed E-state index contributed by atoms with van der Waals surface area (Å²) in [6.07, 6.45) is -2.10. The van der Waals surface area contributed by atoms with Crippen LogP contribution in [0.25, 0.3) is 16.9 Å². The van der Waals surface area contributed by atoms with E-state index in [4.69, 9.17) is 16.3 Å². The average molecular weight is 450 g/mol. The van der Waals surface area contributed by atoms with E-state index >= 15 is 0 Å². The highest BCUT2D eigenvalue weighted by molar-refractivity contribution is 6.33. The zero-order chi connectivity index (χ0) is 22.1. The van der Waals surface area contributed by atoms with Crippen LogP contribution in [0.15, 0.2) is 18.5 Å². The monoisotopic (exact) mass is 449 g/mol. The van der Waals surface area contributed by atoms with Crippen LogP contribution in [0.5, 0.6) is 5.75 Å². The lowest BCUT2D eigenvalue weighted by Gasteiger charge is -2.21. The van der Waals surface area contributed by atoms with Gasteiger partial charge in [0.2, 0.25) is 0 Å². The van der Waals surface area contributed by atoms with E-state index in [0.29, 0.717) is 6.42 Å². The second kappa shape index (κ2) is 8.58. The van der Waals surface area contributed by atoms with Gasteiger partial charge in [0.1, 0.15) is 40.7 Å². The molecule has 0 radical (unpaired) electrons. The van der Waals surface area contributed by atoms with Crippen LogP contribution >= 0.6 is 11.6 Å². The number of nitrogens with zero attached hydrogens (tertiary/aromatic N) is 4. The maximum atomic E-state index is 14.9. The topological polar surface area (TPSA) is 64.3 Å². The van der Waals surface area contributed by atoms with E-state index in [2.05, 4.69) is 20.4 Å². The normalized spacial score (nSPS) is 12.9. The van der Waals surface area contributed by atoms with E-state index in [0.717, 1.165) is 36.3 Å². The summed E-state index contributed by atoms with van der Waals surface area (Å²) in [6, 6.07) is -0.204. The standard InChI is InChI=1S/C18H17ClF5N5O/c1-3-4-5-30-10-6-11(20)13(12(21)7-10)14-15(19)28-17-25-8-26-29(17)16(14)27-9(2)18(22,23)24/h6-9,27H,3-5H2,1-2H3/t9-/m0/s1. The number of hydrogen-bond donors (Lipinski definition) is 1. The van der Waals surface area contributed by atoms with Crippen molar-refractivity contribution in [1.82, 2.24) is 19.6 Å². The zero-order valence-electron chi connectivity index (χ0n) is 15.9. The van der Waals surface area contributed by atoms with Crippen molar-refractivity contribution < 1.29 is 26.7 Å². The fourth-order valence-electron chi connectivity index (χ4n) is 2.66. The number of hydrogen-bond acceptors (Lipinski definition) is 5. The van der Waals surface area contributed by atoms with Crippen molar-refractivity contribution in [2.24, 2.45) is 0 Å². The molecule has 0 bridgehead atoms. The molecule has 3 aromatic rings. The van der Waals surface area contributed by atoms with Gasteiger partial charge in [-0.1, -0.05) is 24.9 Å². The van der Waals surface area contributed by atoms with Crippen LogP contribution in [-0.4, -0.2) is 38.4 Å². The number of halogens is 6. The molecule has 1 atom stereocenters. The fraction of sp³-hybridized carbons (Fsp3) is 0.389. The third-order valence-corrected chi connectivity index (χ3v) is 4.53. The van der Waals surface area contributed by atoms with E-state index in [-0.39, 0.29) is 18.1 Å². The molecular formula is C18H17ClF5N5O. The van der Waals surface area contributed by atoms with Gasteiger partial charge in [-0.05, 0) is 13.3 Å². The molecule has 0 aliphatic carbocycles. The van der Waals surface area contributed by atoms with Crippen molar-refractivity contribution in [3.8, 4) is 16.9 Å². The number of anilines is 1. The van der Waals surface area contributed by atoms with Gasteiger partial charge in [0.25, 0.3) is 5.78 Å². The number of nitrogens with one attached hydrogen (secondary N) is 1. The molecule has 0 saturated carbocycles. The molecular weight excluding hydrogens is 433 g/mol. The Balaban J connectivity index is 2.16. The van der Waals surface area contributed by atoms with E-state index in [1.165, 1.54) is 0 Å². The SMILES string of the molecule is CCCCOc1cc(F)c(-c2c(Cl)nc3ncnn3c2N[C@@H](C)C(F)(F)F)c(F)c1. The lowest BCUT2D eigenvalue weighted by Crippen LogP contribution is -2.34. The Hall–Kier alpha value is -2.69. The number of alkyl halides is 3. The maximum absolute atomic E-state index is 14.9. The minimum absolute atomic E-state index is 0.0497. The minimum atomic E-state index is -4.64. The molecule has 2 aromatic heterocycles. The molecule has 0 spiro atoms. The fourth-order valence-corrected chi connectivity index (χ4v) is 2.92. The highest BCUT2D eigenvalue weighted by atomic mass is 35.5. The van der Waals surface area contributed by atoms with Crippen molar-refractivity contribution in [2.45, 2.75) is 38.9 Å². The van der Waals surface area contributed by atoms with Crippen molar-refractivity contribution in [3.05, 3.63) is 35.2 Å². The number of unbranched alkanes of at least 4 members (excludes halogenated alkanes) is 1. The van der Waals surface area contributed by atoms with Crippen LogP contribution < -0.4 is 10.1 Å². The van der Waals surface area contributed by atoms with Crippen LogP contribution in [0.4, 0.5) is 27.8 Å². The van der Waals surface area contributed by atoms with Crippen molar-refractivity contribution in [2.75, 3.05) is 11.9 Å². The van der Waals surface area contributed by atoms with Crippen LogP contribution in [0.3, 0.4) is 0 Å². The minimum Gasteiger partial charge on any atom is -0.493 e. The lowest BCUT2D eigenvalue weighted by molar-refractivity contribution is -0.138. The molecule has 3 rings (SSSR count). The highest BCUT2D eigenvalue weighted by Gasteiger charge is 2.37. The van der Waals surface area contributed by atoms with Gasteiger partial charge < -0.3 is 10.1 Å². The predicted octanol–water partition coefficient (Wildman–Crippen LogP) is 5.26. The van der Waals surface area contributed by atoms with Gasteiger partial charge in [0, 0.05) is 12.1 Å².